The number of anilines is 1. The summed E-state index contributed by atoms with van der Waals surface area (Å²) in [5.74, 6) is -1.12. The standard InChI is InChI=1S/C21H22N4O2S/c1-13-8-9-14(2)17(10-13)23-18(26)12-28-21-24-19(15-6-4-3-5-7-15)16(11-22)20(27)25-21/h3-10,16,19,21,24H,12H2,1-2H3,(H,23,26)(H,25,27). The van der Waals surface area contributed by atoms with Gasteiger partial charge in [0.05, 0.1) is 17.9 Å². The lowest BCUT2D eigenvalue weighted by Gasteiger charge is -2.34. The fourth-order valence-electron chi connectivity index (χ4n) is 3.06. The largest absolute Gasteiger partial charge is 0.331 e. The van der Waals surface area contributed by atoms with E-state index in [-0.39, 0.29) is 17.6 Å². The van der Waals surface area contributed by atoms with E-state index < -0.39 is 17.5 Å². The minimum absolute atomic E-state index is 0.145. The zero-order valence-corrected chi connectivity index (χ0v) is 16.5. The molecule has 0 radical (unpaired) electrons. The van der Waals surface area contributed by atoms with Crippen molar-refractivity contribution >= 4 is 29.3 Å². The molecular formula is C21H22N4O2S. The quantitative estimate of drug-likeness (QED) is 0.725. The first-order valence-corrected chi connectivity index (χ1v) is 10.0. The first kappa shape index (κ1) is 19.9. The number of benzene rings is 2. The molecule has 0 bridgehead atoms. The Morgan fingerprint density at radius 1 is 1.21 bits per heavy atom. The van der Waals surface area contributed by atoms with E-state index in [0.717, 1.165) is 22.4 Å². The lowest BCUT2D eigenvalue weighted by atomic mass is 9.92. The molecule has 1 saturated heterocycles. The van der Waals surface area contributed by atoms with Gasteiger partial charge in [-0.25, -0.2) is 0 Å². The Bertz CT molecular complexity index is 910. The number of amides is 2. The molecule has 1 aliphatic rings. The van der Waals surface area contributed by atoms with E-state index in [1.54, 1.807) is 0 Å². The van der Waals surface area contributed by atoms with Gasteiger partial charge in [-0.2, -0.15) is 5.26 Å². The summed E-state index contributed by atoms with van der Waals surface area (Å²) in [6.45, 7) is 3.91. The van der Waals surface area contributed by atoms with Crippen molar-refractivity contribution in [3.63, 3.8) is 0 Å². The average molecular weight is 395 g/mol. The van der Waals surface area contributed by atoms with Crippen molar-refractivity contribution in [3.8, 4) is 6.07 Å². The summed E-state index contributed by atoms with van der Waals surface area (Å²) in [5, 5.41) is 18.3. The van der Waals surface area contributed by atoms with E-state index in [0.29, 0.717) is 0 Å². The van der Waals surface area contributed by atoms with Crippen LogP contribution in [0.15, 0.2) is 48.5 Å². The molecule has 144 valence electrons. The lowest BCUT2D eigenvalue weighted by molar-refractivity contribution is -0.126. The second-order valence-electron chi connectivity index (χ2n) is 6.73. The molecule has 2 aromatic carbocycles. The normalized spacial score (nSPS) is 21.5. The second-order valence-corrected chi connectivity index (χ2v) is 7.82. The number of nitrogens with zero attached hydrogens (tertiary/aromatic N) is 1. The molecule has 6 nitrogen and oxygen atoms in total. The van der Waals surface area contributed by atoms with Crippen LogP contribution >= 0.6 is 11.8 Å². The topological polar surface area (TPSA) is 94.0 Å². The molecule has 0 aromatic heterocycles. The number of rotatable bonds is 5. The van der Waals surface area contributed by atoms with Crippen molar-refractivity contribution in [2.45, 2.75) is 25.4 Å². The third-order valence-electron chi connectivity index (χ3n) is 4.57. The summed E-state index contributed by atoms with van der Waals surface area (Å²) in [7, 11) is 0. The first-order chi connectivity index (χ1) is 13.5. The van der Waals surface area contributed by atoms with Crippen LogP contribution in [0.2, 0.25) is 0 Å². The van der Waals surface area contributed by atoms with Crippen LogP contribution in [-0.4, -0.2) is 23.1 Å². The highest BCUT2D eigenvalue weighted by Crippen LogP contribution is 2.28. The number of thioether (sulfide) groups is 1. The highest BCUT2D eigenvalue weighted by Gasteiger charge is 2.37. The van der Waals surface area contributed by atoms with Crippen LogP contribution in [0.25, 0.3) is 0 Å². The van der Waals surface area contributed by atoms with Gasteiger partial charge in [-0.05, 0) is 36.6 Å². The van der Waals surface area contributed by atoms with Gasteiger partial charge in [0, 0.05) is 5.69 Å². The Labute approximate surface area is 168 Å². The fraction of sp³-hybridized carbons (Fsp3) is 0.286. The Balaban J connectivity index is 1.63. The molecule has 0 saturated carbocycles. The van der Waals surface area contributed by atoms with Crippen molar-refractivity contribution in [1.82, 2.24) is 10.6 Å². The van der Waals surface area contributed by atoms with Crippen LogP contribution in [0, 0.1) is 31.1 Å². The van der Waals surface area contributed by atoms with Gasteiger partial charge in [0.15, 0.2) is 0 Å². The maximum Gasteiger partial charge on any atom is 0.241 e. The zero-order chi connectivity index (χ0) is 20.1. The molecule has 3 N–H and O–H groups in total. The van der Waals surface area contributed by atoms with Crippen molar-refractivity contribution < 1.29 is 9.59 Å². The number of carbonyl (C=O) groups is 2. The van der Waals surface area contributed by atoms with Crippen LogP contribution in [-0.2, 0) is 9.59 Å². The SMILES string of the molecule is Cc1ccc(C)c(NC(=O)CSC2NC(=O)C(C#N)C(c3ccccc3)N2)c1. The van der Waals surface area contributed by atoms with Gasteiger partial charge >= 0.3 is 0 Å². The average Bonchev–Trinajstić information content (AvgIpc) is 2.69. The van der Waals surface area contributed by atoms with E-state index in [1.165, 1.54) is 11.8 Å². The second kappa shape index (κ2) is 8.91. The van der Waals surface area contributed by atoms with E-state index in [9.17, 15) is 14.9 Å². The highest BCUT2D eigenvalue weighted by molar-refractivity contribution is 8.00. The highest BCUT2D eigenvalue weighted by atomic mass is 32.2. The van der Waals surface area contributed by atoms with Crippen molar-refractivity contribution in [2.24, 2.45) is 5.92 Å². The predicted octanol–water partition coefficient (Wildman–Crippen LogP) is 2.86. The zero-order valence-electron chi connectivity index (χ0n) is 15.7. The van der Waals surface area contributed by atoms with Crippen molar-refractivity contribution in [1.29, 1.82) is 5.26 Å². The fourth-order valence-corrected chi connectivity index (χ4v) is 3.89. The molecule has 1 heterocycles. The molecule has 1 fully saturated rings. The Kier molecular flexibility index (Phi) is 6.34. The van der Waals surface area contributed by atoms with Crippen LogP contribution in [0.1, 0.15) is 22.7 Å². The molecule has 7 heteroatoms. The predicted molar refractivity (Wildman–Crippen MR) is 110 cm³/mol. The molecule has 0 aliphatic carbocycles. The van der Waals surface area contributed by atoms with Gasteiger partial charge < -0.3 is 10.6 Å². The molecule has 28 heavy (non-hydrogen) atoms. The molecule has 1 aliphatic heterocycles. The molecule has 3 rings (SSSR count). The van der Waals surface area contributed by atoms with Gasteiger partial charge in [-0.15, -0.1) is 11.8 Å². The number of nitriles is 1. The third kappa shape index (κ3) is 4.71. The van der Waals surface area contributed by atoms with Crippen LogP contribution in [0.5, 0.6) is 0 Å². The van der Waals surface area contributed by atoms with E-state index in [1.807, 2.05) is 62.4 Å². The van der Waals surface area contributed by atoms with Crippen LogP contribution in [0.3, 0.4) is 0 Å². The number of aryl methyl sites for hydroxylation is 2. The minimum atomic E-state index is -0.817. The smallest absolute Gasteiger partial charge is 0.241 e. The summed E-state index contributed by atoms with van der Waals surface area (Å²) >= 11 is 1.28. The molecule has 3 unspecified atom stereocenters. The number of carbonyl (C=O) groups excluding carboxylic acids is 2. The van der Waals surface area contributed by atoms with Gasteiger partial charge in [0.2, 0.25) is 11.8 Å². The summed E-state index contributed by atoms with van der Waals surface area (Å²) in [6.07, 6.45) is 0. The van der Waals surface area contributed by atoms with Crippen LogP contribution in [0.4, 0.5) is 5.69 Å². The van der Waals surface area contributed by atoms with Gasteiger partial charge in [0.1, 0.15) is 11.4 Å². The molecule has 2 aromatic rings. The summed E-state index contributed by atoms with van der Waals surface area (Å²) in [6, 6.07) is 16.9. The number of hydrogen-bond donors (Lipinski definition) is 3. The monoisotopic (exact) mass is 394 g/mol. The lowest BCUT2D eigenvalue weighted by Crippen LogP contribution is -2.56. The Morgan fingerprint density at radius 2 is 1.96 bits per heavy atom. The van der Waals surface area contributed by atoms with Crippen molar-refractivity contribution in [2.75, 3.05) is 11.1 Å². The Hall–Kier alpha value is -2.82. The van der Waals surface area contributed by atoms with Gasteiger partial charge in [0.25, 0.3) is 0 Å². The first-order valence-electron chi connectivity index (χ1n) is 8.97. The number of hydrogen-bond acceptors (Lipinski definition) is 5. The number of nitrogens with one attached hydrogen (secondary N) is 3. The molecule has 3 atom stereocenters. The third-order valence-corrected chi connectivity index (χ3v) is 5.58. The minimum Gasteiger partial charge on any atom is -0.331 e. The van der Waals surface area contributed by atoms with E-state index >= 15 is 0 Å². The summed E-state index contributed by atoms with van der Waals surface area (Å²) in [4.78, 5) is 24.7. The van der Waals surface area contributed by atoms with E-state index in [4.69, 9.17) is 0 Å². The van der Waals surface area contributed by atoms with Gasteiger partial charge in [-0.3, -0.25) is 14.9 Å². The summed E-state index contributed by atoms with van der Waals surface area (Å²) in [5.41, 5.74) is 3.27. The van der Waals surface area contributed by atoms with Crippen molar-refractivity contribution in [3.05, 3.63) is 65.2 Å². The van der Waals surface area contributed by atoms with Crippen LogP contribution < -0.4 is 16.0 Å². The molecule has 2 amide bonds. The van der Waals surface area contributed by atoms with E-state index in [2.05, 4.69) is 22.0 Å². The molecule has 0 spiro atoms. The Morgan fingerprint density at radius 3 is 2.68 bits per heavy atom. The summed E-state index contributed by atoms with van der Waals surface area (Å²) < 4.78 is 0. The maximum absolute atomic E-state index is 12.3. The van der Waals surface area contributed by atoms with Gasteiger partial charge in [-0.1, -0.05) is 42.5 Å². The maximum atomic E-state index is 12.3. The molecular weight excluding hydrogens is 372 g/mol.